The van der Waals surface area contributed by atoms with Gasteiger partial charge in [0.2, 0.25) is 0 Å². The average molecular weight is 860 g/mol. The van der Waals surface area contributed by atoms with Crippen molar-refractivity contribution >= 4 is 61.7 Å². The highest BCUT2D eigenvalue weighted by molar-refractivity contribution is 6.07. The number of aryl methyl sites for hydroxylation is 4. The first-order valence-corrected chi connectivity index (χ1v) is 21.5. The Labute approximate surface area is 376 Å². The highest BCUT2D eigenvalue weighted by Gasteiger charge is 2.33. The van der Waals surface area contributed by atoms with Crippen molar-refractivity contribution in [3.8, 4) is 68.2 Å². The lowest BCUT2D eigenvalue weighted by atomic mass is 9.85. The molecule has 0 aliphatic carbocycles. The third-order valence-corrected chi connectivity index (χ3v) is 12.6. The van der Waals surface area contributed by atoms with Crippen LogP contribution >= 0.6 is 0 Å². The van der Waals surface area contributed by atoms with E-state index in [9.17, 15) is 0 Å². The van der Waals surface area contributed by atoms with Gasteiger partial charge in [-0.2, -0.15) is 0 Å². The summed E-state index contributed by atoms with van der Waals surface area (Å²) in [6.07, 6.45) is 7.19. The zero-order chi connectivity index (χ0) is 44.2. The Kier molecular flexibility index (Phi) is 8.09. The molecule has 0 spiro atoms. The molecule has 13 rings (SSSR count). The van der Waals surface area contributed by atoms with Gasteiger partial charge in [-0.1, -0.05) is 36.4 Å². The molecule has 0 bridgehead atoms. The standard InChI is InChI=1S/C52H37N13O/c1-61-45(57-34-13-9-25-53-47(34)61)32-29-33(46-58-35-14-10-26-54-48(35)62(46)2)43(51-59-36-15-11-27-55-49(36)63(51)3)44(52-60-37-16-12-28-56-50(37)64(52)4)42(32)30-21-23-31(24-22-30)65-38-17-5-7-19-40(38)66-41-20-8-6-18-39(41)65/h5-29H,1-4H3. The molecule has 66 heavy (non-hydrogen) atoms. The molecule has 0 saturated carbocycles. The molecule has 0 saturated heterocycles. The zero-order valence-corrected chi connectivity index (χ0v) is 36.2. The highest BCUT2D eigenvalue weighted by Crippen LogP contribution is 2.53. The first kappa shape index (κ1) is 37.5. The number of ether oxygens (including phenoxy) is 1. The molecule has 0 amide bonds. The van der Waals surface area contributed by atoms with E-state index in [1.165, 1.54) is 0 Å². The number of aromatic nitrogens is 12. The van der Waals surface area contributed by atoms with Crippen LogP contribution in [0, 0.1) is 0 Å². The summed E-state index contributed by atoms with van der Waals surface area (Å²) >= 11 is 0. The molecule has 8 aromatic heterocycles. The lowest BCUT2D eigenvalue weighted by molar-refractivity contribution is 0.477. The number of nitrogens with zero attached hydrogens (tertiary/aromatic N) is 13. The number of imidazole rings is 4. The summed E-state index contributed by atoms with van der Waals surface area (Å²) in [5, 5.41) is 0. The summed E-state index contributed by atoms with van der Waals surface area (Å²) < 4.78 is 14.6. The Morgan fingerprint density at radius 2 is 0.773 bits per heavy atom. The molecule has 4 aromatic carbocycles. The summed E-state index contributed by atoms with van der Waals surface area (Å²) in [6.45, 7) is 0. The molecule has 1 aliphatic heterocycles. The quantitative estimate of drug-likeness (QED) is 0.159. The average Bonchev–Trinajstić information content (AvgIpc) is 4.09. The van der Waals surface area contributed by atoms with Gasteiger partial charge in [0, 0.05) is 86.5 Å². The zero-order valence-electron chi connectivity index (χ0n) is 36.2. The molecule has 14 heteroatoms. The van der Waals surface area contributed by atoms with E-state index in [0.717, 1.165) is 107 Å². The predicted molar refractivity (Wildman–Crippen MR) is 257 cm³/mol. The lowest BCUT2D eigenvalue weighted by Gasteiger charge is -2.32. The van der Waals surface area contributed by atoms with Crippen LogP contribution in [0.25, 0.3) is 101 Å². The number of hydrogen-bond acceptors (Lipinski definition) is 10. The minimum absolute atomic E-state index is 0.686. The number of pyridine rings is 4. The van der Waals surface area contributed by atoms with Crippen LogP contribution < -0.4 is 9.64 Å². The Bertz CT molecular complexity index is 3890. The second kappa shape index (κ2) is 14.2. The van der Waals surface area contributed by atoms with Crippen molar-refractivity contribution in [1.29, 1.82) is 0 Å². The van der Waals surface area contributed by atoms with Crippen LogP contribution in [-0.4, -0.2) is 58.1 Å². The largest absolute Gasteiger partial charge is 0.453 e. The van der Waals surface area contributed by atoms with Crippen molar-refractivity contribution in [3.05, 3.63) is 152 Å². The maximum Gasteiger partial charge on any atom is 0.159 e. The van der Waals surface area contributed by atoms with Crippen molar-refractivity contribution in [3.63, 3.8) is 0 Å². The van der Waals surface area contributed by atoms with Gasteiger partial charge in [0.25, 0.3) is 0 Å². The maximum absolute atomic E-state index is 6.39. The normalized spacial score (nSPS) is 12.3. The number of fused-ring (bicyclic) bond motifs is 6. The molecular formula is C52H37N13O. The topological polar surface area (TPSA) is 135 Å². The van der Waals surface area contributed by atoms with Crippen LogP contribution in [-0.2, 0) is 28.2 Å². The van der Waals surface area contributed by atoms with Gasteiger partial charge >= 0.3 is 0 Å². The molecule has 0 unspecified atom stereocenters. The molecule has 9 heterocycles. The summed E-state index contributed by atoms with van der Waals surface area (Å²) in [4.78, 5) is 42.9. The Balaban J connectivity index is 1.19. The Hall–Kier alpha value is -9.04. The molecule has 0 radical (unpaired) electrons. The fourth-order valence-electron chi connectivity index (χ4n) is 9.57. The van der Waals surface area contributed by atoms with E-state index in [1.807, 2.05) is 118 Å². The third kappa shape index (κ3) is 5.48. The van der Waals surface area contributed by atoms with Crippen LogP contribution in [0.5, 0.6) is 11.5 Å². The molecule has 1 aliphatic rings. The molecule has 316 valence electrons. The van der Waals surface area contributed by atoms with Crippen molar-refractivity contribution < 1.29 is 4.74 Å². The molecule has 14 nitrogen and oxygen atoms in total. The van der Waals surface area contributed by atoms with Gasteiger partial charge in [-0.3, -0.25) is 0 Å². The second-order valence-corrected chi connectivity index (χ2v) is 16.4. The molecular weight excluding hydrogens is 823 g/mol. The van der Waals surface area contributed by atoms with Gasteiger partial charge in [-0.25, -0.2) is 39.9 Å². The van der Waals surface area contributed by atoms with E-state index in [2.05, 4.69) is 61.1 Å². The van der Waals surface area contributed by atoms with Gasteiger partial charge in [0.1, 0.15) is 45.4 Å². The number of benzene rings is 4. The molecule has 0 N–H and O–H groups in total. The second-order valence-electron chi connectivity index (χ2n) is 16.4. The van der Waals surface area contributed by atoms with Crippen molar-refractivity contribution in [2.75, 3.05) is 4.90 Å². The van der Waals surface area contributed by atoms with Gasteiger partial charge in [0.15, 0.2) is 34.1 Å². The van der Waals surface area contributed by atoms with Crippen LogP contribution in [0.4, 0.5) is 17.1 Å². The number of anilines is 3. The van der Waals surface area contributed by atoms with Crippen molar-refractivity contribution in [2.45, 2.75) is 0 Å². The first-order valence-electron chi connectivity index (χ1n) is 21.5. The van der Waals surface area contributed by atoms with Gasteiger partial charge in [-0.15, -0.1) is 0 Å². The third-order valence-electron chi connectivity index (χ3n) is 12.6. The monoisotopic (exact) mass is 859 g/mol. The molecule has 12 aromatic rings. The van der Waals surface area contributed by atoms with E-state index >= 15 is 0 Å². The Morgan fingerprint density at radius 1 is 0.379 bits per heavy atom. The SMILES string of the molecule is Cn1c(-c2cc(-c3nc4cccnc4n3C)c(-c3nc4cccnc4n3C)c(-c3nc4cccnc4n3C)c2-c2ccc(N3c4ccccc4Oc4ccccc43)cc2)nc2cccnc21. The molecule has 0 fully saturated rings. The minimum atomic E-state index is 0.686. The van der Waals surface area contributed by atoms with E-state index in [4.69, 9.17) is 44.6 Å². The van der Waals surface area contributed by atoms with E-state index in [0.29, 0.717) is 23.3 Å². The fourth-order valence-corrected chi connectivity index (χ4v) is 9.57. The van der Waals surface area contributed by atoms with Crippen molar-refractivity contribution in [1.82, 2.24) is 58.1 Å². The van der Waals surface area contributed by atoms with E-state index < -0.39 is 0 Å². The highest BCUT2D eigenvalue weighted by atomic mass is 16.5. The first-order chi connectivity index (χ1) is 32.4. The van der Waals surface area contributed by atoms with Crippen LogP contribution in [0.15, 0.2) is 152 Å². The van der Waals surface area contributed by atoms with E-state index in [-0.39, 0.29) is 0 Å². The van der Waals surface area contributed by atoms with Gasteiger partial charge < -0.3 is 27.9 Å². The van der Waals surface area contributed by atoms with Crippen LogP contribution in [0.1, 0.15) is 0 Å². The van der Waals surface area contributed by atoms with Gasteiger partial charge in [0.05, 0.1) is 11.4 Å². The smallest absolute Gasteiger partial charge is 0.159 e. The maximum atomic E-state index is 6.39. The van der Waals surface area contributed by atoms with Crippen molar-refractivity contribution in [2.24, 2.45) is 28.2 Å². The Morgan fingerprint density at radius 3 is 1.23 bits per heavy atom. The van der Waals surface area contributed by atoms with Gasteiger partial charge in [-0.05, 0) is 96.6 Å². The fraction of sp³-hybridized carbons (Fsp3) is 0.0769. The summed E-state index contributed by atoms with van der Waals surface area (Å²) in [7, 11) is 8.04. The number of hydrogen-bond donors (Lipinski definition) is 0. The lowest BCUT2D eigenvalue weighted by Crippen LogP contribution is -2.15. The van der Waals surface area contributed by atoms with Crippen LogP contribution in [0.2, 0.25) is 0 Å². The predicted octanol–water partition coefficient (Wildman–Crippen LogP) is 10.7. The summed E-state index contributed by atoms with van der Waals surface area (Å²) in [5.41, 5.74) is 14.0. The number of rotatable bonds is 6. The summed E-state index contributed by atoms with van der Waals surface area (Å²) in [5.74, 6) is 4.35. The number of para-hydroxylation sites is 4. The summed E-state index contributed by atoms with van der Waals surface area (Å²) in [6, 6.07) is 42.8. The molecule has 0 atom stereocenters. The van der Waals surface area contributed by atoms with E-state index in [1.54, 1.807) is 24.8 Å². The van der Waals surface area contributed by atoms with Crippen LogP contribution in [0.3, 0.4) is 0 Å². The minimum Gasteiger partial charge on any atom is -0.453 e.